The maximum Gasteiger partial charge on any atom is 0.269 e. The number of para-hydroxylation sites is 1. The fraction of sp³-hybridized carbons (Fsp3) is 0.0312. The quantitative estimate of drug-likeness (QED) is 0.101. The second-order valence-electron chi connectivity index (χ2n) is 9.44. The fourth-order valence-corrected chi connectivity index (χ4v) is 5.57. The third kappa shape index (κ3) is 5.76. The van der Waals surface area contributed by atoms with Crippen molar-refractivity contribution >= 4 is 39.2 Å². The molecule has 0 spiro atoms. The lowest BCUT2D eigenvalue weighted by atomic mass is 10.1. The Morgan fingerprint density at radius 2 is 1.57 bits per heavy atom. The molecule has 6 aromatic rings. The highest BCUT2D eigenvalue weighted by Gasteiger charge is 2.14. The average Bonchev–Trinajstić information content (AvgIpc) is 3.63. The number of hydrogen-bond donors (Lipinski definition) is 0. The van der Waals surface area contributed by atoms with Gasteiger partial charge in [-0.15, -0.1) is 16.4 Å². The molecule has 0 bridgehead atoms. The number of aromatic nitrogens is 3. The number of thiazole rings is 1. The van der Waals surface area contributed by atoms with Crippen molar-refractivity contribution in [2.24, 2.45) is 10.2 Å². The summed E-state index contributed by atoms with van der Waals surface area (Å²) in [5.41, 5.74) is 7.20. The molecular formula is C32H23BrN6O2S. The molecule has 2 aromatic heterocycles. The highest BCUT2D eigenvalue weighted by Crippen LogP contribution is 2.27. The van der Waals surface area contributed by atoms with E-state index in [-0.39, 0.29) is 5.69 Å². The third-order valence-corrected chi connectivity index (χ3v) is 7.94. The van der Waals surface area contributed by atoms with Crippen LogP contribution in [-0.2, 0) is 0 Å². The van der Waals surface area contributed by atoms with Gasteiger partial charge in [0.05, 0.1) is 22.5 Å². The van der Waals surface area contributed by atoms with Gasteiger partial charge in [0.25, 0.3) is 5.69 Å². The lowest BCUT2D eigenvalue weighted by Crippen LogP contribution is -2.13. The molecule has 0 aliphatic heterocycles. The highest BCUT2D eigenvalue weighted by molar-refractivity contribution is 9.10. The van der Waals surface area contributed by atoms with Crippen LogP contribution in [0.5, 0.6) is 0 Å². The van der Waals surface area contributed by atoms with Crippen molar-refractivity contribution in [3.63, 3.8) is 0 Å². The molecule has 2 heterocycles. The number of benzene rings is 4. The van der Waals surface area contributed by atoms with Gasteiger partial charge in [-0.2, -0.15) is 10.2 Å². The van der Waals surface area contributed by atoms with E-state index in [9.17, 15) is 10.1 Å². The predicted octanol–water partition coefficient (Wildman–Crippen LogP) is 7.97. The zero-order valence-corrected chi connectivity index (χ0v) is 24.7. The summed E-state index contributed by atoms with van der Waals surface area (Å²) in [4.78, 5) is 11.5. The highest BCUT2D eigenvalue weighted by atomic mass is 79.9. The summed E-state index contributed by atoms with van der Waals surface area (Å²) in [6, 6.07) is 32.6. The number of hydrogen-bond acceptors (Lipinski definition) is 6. The van der Waals surface area contributed by atoms with Crippen molar-refractivity contribution in [1.82, 2.24) is 14.3 Å². The number of halogens is 1. The normalized spacial score (nSPS) is 11.8. The van der Waals surface area contributed by atoms with Crippen molar-refractivity contribution in [1.29, 1.82) is 0 Å². The van der Waals surface area contributed by atoms with Crippen molar-refractivity contribution in [2.75, 3.05) is 0 Å². The number of nitro groups is 1. The van der Waals surface area contributed by atoms with Crippen molar-refractivity contribution in [3.8, 4) is 33.9 Å². The average molecular weight is 636 g/mol. The van der Waals surface area contributed by atoms with E-state index in [1.807, 2.05) is 79.9 Å². The molecule has 0 unspecified atom stereocenters. The van der Waals surface area contributed by atoms with Gasteiger partial charge in [-0.05, 0) is 61.0 Å². The largest absolute Gasteiger partial charge is 0.284 e. The Labute approximate surface area is 253 Å². The SMILES string of the molecule is Cc1ccc(-n2cc(/C=N/N=c3/scc(-c4ccc(Br)cc4)n3-c3ccccc3)c(-c3ccc([N+](=O)[O-])cc3)n2)cc1. The lowest BCUT2D eigenvalue weighted by Gasteiger charge is -2.09. The van der Waals surface area contributed by atoms with Crippen molar-refractivity contribution in [3.05, 3.63) is 145 Å². The van der Waals surface area contributed by atoms with Gasteiger partial charge in [-0.1, -0.05) is 64.0 Å². The Morgan fingerprint density at radius 1 is 0.881 bits per heavy atom. The molecule has 42 heavy (non-hydrogen) atoms. The van der Waals surface area contributed by atoms with Crippen LogP contribution in [0.15, 0.2) is 129 Å². The molecule has 0 atom stereocenters. The van der Waals surface area contributed by atoms with Crippen LogP contribution in [-0.4, -0.2) is 25.5 Å². The Morgan fingerprint density at radius 3 is 2.26 bits per heavy atom. The molecule has 0 saturated carbocycles. The molecule has 0 amide bonds. The van der Waals surface area contributed by atoms with Crippen LogP contribution >= 0.6 is 27.3 Å². The van der Waals surface area contributed by atoms with Gasteiger partial charge in [-0.25, -0.2) is 4.68 Å². The molecule has 0 saturated heterocycles. The first-order chi connectivity index (χ1) is 20.5. The van der Waals surface area contributed by atoms with E-state index in [4.69, 9.17) is 5.10 Å². The summed E-state index contributed by atoms with van der Waals surface area (Å²) in [6.07, 6.45) is 3.55. The number of nitro benzene ring substituents is 1. The Kier molecular flexibility index (Phi) is 7.72. The maximum atomic E-state index is 11.2. The molecule has 0 aliphatic rings. The van der Waals surface area contributed by atoms with Gasteiger partial charge < -0.3 is 0 Å². The van der Waals surface area contributed by atoms with Crippen LogP contribution in [0.1, 0.15) is 11.1 Å². The first kappa shape index (κ1) is 27.3. The molecule has 8 nitrogen and oxygen atoms in total. The maximum absolute atomic E-state index is 11.2. The van der Waals surface area contributed by atoms with E-state index in [1.165, 1.54) is 23.5 Å². The monoisotopic (exact) mass is 634 g/mol. The first-order valence-electron chi connectivity index (χ1n) is 13.0. The van der Waals surface area contributed by atoms with Crippen molar-refractivity contribution in [2.45, 2.75) is 6.92 Å². The van der Waals surface area contributed by atoms with Crippen LogP contribution in [0.2, 0.25) is 0 Å². The van der Waals surface area contributed by atoms with Gasteiger partial charge in [0.2, 0.25) is 4.80 Å². The van der Waals surface area contributed by atoms with Gasteiger partial charge in [0.15, 0.2) is 0 Å². The molecule has 0 aliphatic carbocycles. The van der Waals surface area contributed by atoms with E-state index in [2.05, 4.69) is 48.2 Å². The minimum atomic E-state index is -0.415. The number of nitrogens with zero attached hydrogens (tertiary/aromatic N) is 6. The Balaban J connectivity index is 1.43. The van der Waals surface area contributed by atoms with Crippen LogP contribution in [0.3, 0.4) is 0 Å². The summed E-state index contributed by atoms with van der Waals surface area (Å²) >= 11 is 5.02. The summed E-state index contributed by atoms with van der Waals surface area (Å²) < 4.78 is 4.87. The lowest BCUT2D eigenvalue weighted by molar-refractivity contribution is -0.384. The summed E-state index contributed by atoms with van der Waals surface area (Å²) in [6.45, 7) is 2.03. The summed E-state index contributed by atoms with van der Waals surface area (Å²) in [5.74, 6) is 0. The van der Waals surface area contributed by atoms with Crippen LogP contribution in [0.25, 0.3) is 33.9 Å². The van der Waals surface area contributed by atoms with E-state index >= 15 is 0 Å². The van der Waals surface area contributed by atoms with E-state index in [0.29, 0.717) is 10.5 Å². The van der Waals surface area contributed by atoms with E-state index in [0.717, 1.165) is 43.8 Å². The van der Waals surface area contributed by atoms with Crippen LogP contribution in [0.4, 0.5) is 5.69 Å². The van der Waals surface area contributed by atoms with Gasteiger partial charge in [0, 0.05) is 45.0 Å². The smallest absolute Gasteiger partial charge is 0.269 e. The molecule has 206 valence electrons. The minimum Gasteiger partial charge on any atom is -0.284 e. The number of non-ortho nitro benzene ring substituents is 1. The van der Waals surface area contributed by atoms with Crippen molar-refractivity contribution < 1.29 is 4.92 Å². The van der Waals surface area contributed by atoms with Gasteiger partial charge in [-0.3, -0.25) is 14.7 Å². The molecule has 0 fully saturated rings. The topological polar surface area (TPSA) is 90.6 Å². The number of rotatable bonds is 7. The summed E-state index contributed by atoms with van der Waals surface area (Å²) in [5, 5.41) is 27.2. The second kappa shape index (κ2) is 11.9. The standard InChI is InChI=1S/C32H23BrN6O2S/c1-22-7-15-27(16-8-22)37-20-25(31(36-37)24-11-17-29(18-12-24)39(40)41)19-34-35-32-38(28-5-3-2-4-6-28)30(21-42-32)23-9-13-26(33)14-10-23/h2-21H,1H3/b34-19+,35-32+. The van der Waals surface area contributed by atoms with Gasteiger partial charge >= 0.3 is 0 Å². The zero-order valence-electron chi connectivity index (χ0n) is 22.3. The second-order valence-corrected chi connectivity index (χ2v) is 11.2. The Bertz CT molecular complexity index is 1960. The van der Waals surface area contributed by atoms with E-state index in [1.54, 1.807) is 23.0 Å². The number of aryl methyl sites for hydroxylation is 1. The fourth-order valence-electron chi connectivity index (χ4n) is 4.45. The van der Waals surface area contributed by atoms with Crippen LogP contribution < -0.4 is 4.80 Å². The molecule has 6 rings (SSSR count). The Hall–Kier alpha value is -4.93. The minimum absolute atomic E-state index is 0.0201. The summed E-state index contributed by atoms with van der Waals surface area (Å²) in [7, 11) is 0. The van der Waals surface area contributed by atoms with Crippen LogP contribution in [0, 0.1) is 17.0 Å². The van der Waals surface area contributed by atoms with E-state index < -0.39 is 4.92 Å². The molecule has 0 N–H and O–H groups in total. The molecule has 10 heteroatoms. The molecule has 4 aromatic carbocycles. The molecule has 0 radical (unpaired) electrons. The molecular weight excluding hydrogens is 612 g/mol. The van der Waals surface area contributed by atoms with Gasteiger partial charge in [0.1, 0.15) is 5.69 Å². The first-order valence-corrected chi connectivity index (χ1v) is 14.6. The zero-order chi connectivity index (χ0) is 29.1. The predicted molar refractivity (Wildman–Crippen MR) is 170 cm³/mol. The third-order valence-electron chi connectivity index (χ3n) is 6.60.